The summed E-state index contributed by atoms with van der Waals surface area (Å²) in [6.07, 6.45) is 10.2. The smallest absolute Gasteiger partial charge is 0.308 e. The first-order chi connectivity index (χ1) is 7.72. The van der Waals surface area contributed by atoms with Gasteiger partial charge in [-0.1, -0.05) is 65.0 Å². The standard InChI is InChI=1S/C14H26O2/c1-4-6-7-8-9-10-11-13(3)14(15)16-12-5-2/h5,13H,2,4,6-12H2,1,3H3. The number of rotatable bonds is 10. The third kappa shape index (κ3) is 8.51. The van der Waals surface area contributed by atoms with Crippen molar-refractivity contribution in [3.05, 3.63) is 12.7 Å². The Morgan fingerprint density at radius 2 is 1.88 bits per heavy atom. The average Bonchev–Trinajstić information content (AvgIpc) is 2.30. The maximum absolute atomic E-state index is 11.4. The first-order valence-electron chi connectivity index (χ1n) is 6.49. The van der Waals surface area contributed by atoms with Crippen LogP contribution in [-0.4, -0.2) is 12.6 Å². The molecule has 1 unspecified atom stereocenters. The quantitative estimate of drug-likeness (QED) is 0.318. The Kier molecular flexibility index (Phi) is 10.2. The Bertz CT molecular complexity index is 187. The Morgan fingerprint density at radius 3 is 2.50 bits per heavy atom. The van der Waals surface area contributed by atoms with Crippen molar-refractivity contribution >= 4 is 5.97 Å². The van der Waals surface area contributed by atoms with Crippen LogP contribution >= 0.6 is 0 Å². The maximum Gasteiger partial charge on any atom is 0.308 e. The van der Waals surface area contributed by atoms with Gasteiger partial charge in [0.15, 0.2) is 0 Å². The van der Waals surface area contributed by atoms with Gasteiger partial charge in [0, 0.05) is 0 Å². The van der Waals surface area contributed by atoms with Crippen molar-refractivity contribution in [2.24, 2.45) is 5.92 Å². The van der Waals surface area contributed by atoms with Crippen molar-refractivity contribution in [2.75, 3.05) is 6.61 Å². The average molecular weight is 226 g/mol. The highest BCUT2D eigenvalue weighted by molar-refractivity contribution is 5.71. The minimum Gasteiger partial charge on any atom is -0.461 e. The first-order valence-corrected chi connectivity index (χ1v) is 6.49. The molecule has 0 amide bonds. The van der Waals surface area contributed by atoms with Gasteiger partial charge in [0.05, 0.1) is 5.92 Å². The lowest BCUT2D eigenvalue weighted by Crippen LogP contribution is -2.14. The van der Waals surface area contributed by atoms with Gasteiger partial charge in [-0.3, -0.25) is 4.79 Å². The molecular formula is C14H26O2. The molecule has 0 fully saturated rings. The summed E-state index contributed by atoms with van der Waals surface area (Å²) >= 11 is 0. The van der Waals surface area contributed by atoms with E-state index in [1.165, 1.54) is 32.1 Å². The number of carbonyl (C=O) groups excluding carboxylic acids is 1. The molecule has 1 atom stereocenters. The highest BCUT2D eigenvalue weighted by Crippen LogP contribution is 2.13. The minimum atomic E-state index is -0.0894. The first kappa shape index (κ1) is 15.2. The van der Waals surface area contributed by atoms with Crippen molar-refractivity contribution in [2.45, 2.75) is 58.8 Å². The molecule has 0 aliphatic heterocycles. The summed E-state index contributed by atoms with van der Waals surface area (Å²) in [6, 6.07) is 0. The summed E-state index contributed by atoms with van der Waals surface area (Å²) in [5, 5.41) is 0. The third-order valence-electron chi connectivity index (χ3n) is 2.74. The van der Waals surface area contributed by atoms with E-state index in [1.807, 2.05) is 6.92 Å². The Labute approximate surface area is 100 Å². The lowest BCUT2D eigenvalue weighted by Gasteiger charge is -2.09. The molecular weight excluding hydrogens is 200 g/mol. The van der Waals surface area contributed by atoms with Crippen LogP contribution in [0.25, 0.3) is 0 Å². The predicted molar refractivity (Wildman–Crippen MR) is 68.3 cm³/mol. The van der Waals surface area contributed by atoms with E-state index in [0.29, 0.717) is 6.61 Å². The fraction of sp³-hybridized carbons (Fsp3) is 0.786. The van der Waals surface area contributed by atoms with Gasteiger partial charge in [0.25, 0.3) is 0 Å². The number of unbranched alkanes of at least 4 members (excludes halogenated alkanes) is 5. The highest BCUT2D eigenvalue weighted by atomic mass is 16.5. The van der Waals surface area contributed by atoms with E-state index in [4.69, 9.17) is 4.74 Å². The Balaban J connectivity index is 3.38. The van der Waals surface area contributed by atoms with Crippen LogP contribution in [0.4, 0.5) is 0 Å². The molecule has 94 valence electrons. The molecule has 0 N–H and O–H groups in total. The molecule has 0 saturated heterocycles. The molecule has 0 spiro atoms. The normalized spacial score (nSPS) is 12.1. The molecule has 0 aromatic rings. The molecule has 0 radical (unpaired) electrons. The number of esters is 1. The second kappa shape index (κ2) is 10.7. The number of hydrogen-bond donors (Lipinski definition) is 0. The van der Waals surface area contributed by atoms with Crippen molar-refractivity contribution in [1.29, 1.82) is 0 Å². The van der Waals surface area contributed by atoms with E-state index in [-0.39, 0.29) is 11.9 Å². The van der Waals surface area contributed by atoms with Gasteiger partial charge in [-0.05, 0) is 6.42 Å². The van der Waals surface area contributed by atoms with Crippen molar-refractivity contribution in [1.82, 2.24) is 0 Å². The second-order valence-corrected chi connectivity index (χ2v) is 4.38. The van der Waals surface area contributed by atoms with E-state index < -0.39 is 0 Å². The number of carbonyl (C=O) groups is 1. The van der Waals surface area contributed by atoms with Gasteiger partial charge in [-0.15, -0.1) is 0 Å². The van der Waals surface area contributed by atoms with Crippen LogP contribution < -0.4 is 0 Å². The largest absolute Gasteiger partial charge is 0.461 e. The summed E-state index contributed by atoms with van der Waals surface area (Å²) in [5.41, 5.74) is 0. The minimum absolute atomic E-state index is 0.0334. The summed E-state index contributed by atoms with van der Waals surface area (Å²) < 4.78 is 4.99. The molecule has 2 heteroatoms. The molecule has 16 heavy (non-hydrogen) atoms. The monoisotopic (exact) mass is 226 g/mol. The molecule has 0 aliphatic rings. The SMILES string of the molecule is C=CCOC(=O)C(C)CCCCCCCC. The zero-order valence-electron chi connectivity index (χ0n) is 10.8. The van der Waals surface area contributed by atoms with Gasteiger partial charge in [0.2, 0.25) is 0 Å². The molecule has 0 rings (SSSR count). The van der Waals surface area contributed by atoms with Crippen molar-refractivity contribution < 1.29 is 9.53 Å². The Hall–Kier alpha value is -0.790. The fourth-order valence-corrected chi connectivity index (χ4v) is 1.63. The molecule has 0 saturated carbocycles. The van der Waals surface area contributed by atoms with E-state index in [9.17, 15) is 4.79 Å². The summed E-state index contributed by atoms with van der Waals surface area (Å²) in [7, 11) is 0. The van der Waals surface area contributed by atoms with Crippen molar-refractivity contribution in [3.8, 4) is 0 Å². The van der Waals surface area contributed by atoms with E-state index >= 15 is 0 Å². The van der Waals surface area contributed by atoms with Gasteiger partial charge in [0.1, 0.15) is 6.61 Å². The van der Waals surface area contributed by atoms with Crippen LogP contribution in [0, 0.1) is 5.92 Å². The summed E-state index contributed by atoms with van der Waals surface area (Å²) in [6.45, 7) is 8.01. The zero-order chi connectivity index (χ0) is 12.2. The van der Waals surface area contributed by atoms with Crippen LogP contribution in [0.15, 0.2) is 12.7 Å². The zero-order valence-corrected chi connectivity index (χ0v) is 10.8. The van der Waals surface area contributed by atoms with Crippen molar-refractivity contribution in [3.63, 3.8) is 0 Å². The molecule has 0 aromatic carbocycles. The predicted octanol–water partition coefficient (Wildman–Crippen LogP) is 4.10. The number of ether oxygens (including phenoxy) is 1. The van der Waals surface area contributed by atoms with Crippen LogP contribution in [0.5, 0.6) is 0 Å². The third-order valence-corrected chi connectivity index (χ3v) is 2.74. The summed E-state index contributed by atoms with van der Waals surface area (Å²) in [4.78, 5) is 11.4. The van der Waals surface area contributed by atoms with Crippen LogP contribution in [0.1, 0.15) is 58.8 Å². The van der Waals surface area contributed by atoms with Crippen LogP contribution in [0.2, 0.25) is 0 Å². The lowest BCUT2D eigenvalue weighted by molar-refractivity contribution is -0.146. The van der Waals surface area contributed by atoms with E-state index in [1.54, 1.807) is 6.08 Å². The van der Waals surface area contributed by atoms with Gasteiger partial charge < -0.3 is 4.74 Å². The lowest BCUT2D eigenvalue weighted by atomic mass is 10.0. The highest BCUT2D eigenvalue weighted by Gasteiger charge is 2.12. The van der Waals surface area contributed by atoms with Gasteiger partial charge >= 0.3 is 5.97 Å². The second-order valence-electron chi connectivity index (χ2n) is 4.38. The van der Waals surface area contributed by atoms with Crippen LogP contribution in [-0.2, 0) is 9.53 Å². The molecule has 0 heterocycles. The topological polar surface area (TPSA) is 26.3 Å². The molecule has 0 aliphatic carbocycles. The fourth-order valence-electron chi connectivity index (χ4n) is 1.63. The van der Waals surface area contributed by atoms with Crippen LogP contribution in [0.3, 0.4) is 0 Å². The number of hydrogen-bond acceptors (Lipinski definition) is 2. The van der Waals surface area contributed by atoms with Gasteiger partial charge in [-0.25, -0.2) is 0 Å². The molecule has 2 nitrogen and oxygen atoms in total. The maximum atomic E-state index is 11.4. The summed E-state index contributed by atoms with van der Waals surface area (Å²) in [5.74, 6) is -0.0559. The molecule has 0 bridgehead atoms. The Morgan fingerprint density at radius 1 is 1.25 bits per heavy atom. The van der Waals surface area contributed by atoms with Gasteiger partial charge in [-0.2, -0.15) is 0 Å². The van der Waals surface area contributed by atoms with E-state index in [0.717, 1.165) is 12.8 Å². The molecule has 0 aromatic heterocycles. The van der Waals surface area contributed by atoms with E-state index in [2.05, 4.69) is 13.5 Å².